The number of nitriles is 1. The van der Waals surface area contributed by atoms with Crippen LogP contribution in [0.3, 0.4) is 0 Å². The van der Waals surface area contributed by atoms with E-state index in [1.807, 2.05) is 30.3 Å². The van der Waals surface area contributed by atoms with E-state index in [9.17, 15) is 5.26 Å². The van der Waals surface area contributed by atoms with Crippen molar-refractivity contribution in [3.8, 4) is 23.3 Å². The fourth-order valence-corrected chi connectivity index (χ4v) is 2.72. The normalized spacial score (nSPS) is 10.8. The van der Waals surface area contributed by atoms with Crippen molar-refractivity contribution in [3.05, 3.63) is 53.9 Å². The van der Waals surface area contributed by atoms with E-state index in [1.165, 1.54) is 21.3 Å². The molecule has 30 heavy (non-hydrogen) atoms. The van der Waals surface area contributed by atoms with Crippen LogP contribution in [0, 0.1) is 11.3 Å². The zero-order valence-electron chi connectivity index (χ0n) is 16.7. The van der Waals surface area contributed by atoms with Crippen molar-refractivity contribution in [3.63, 3.8) is 0 Å². The molecule has 1 heterocycles. The van der Waals surface area contributed by atoms with Crippen LogP contribution in [-0.4, -0.2) is 36.3 Å². The van der Waals surface area contributed by atoms with Crippen molar-refractivity contribution < 1.29 is 14.2 Å². The summed E-state index contributed by atoms with van der Waals surface area (Å²) in [5.41, 5.74) is 7.44. The average Bonchev–Trinajstić information content (AvgIpc) is 2.76. The number of nitrogen functional groups attached to an aromatic ring is 1. The molecule has 0 amide bonds. The minimum atomic E-state index is -0.00975. The molecule has 0 atom stereocenters. The van der Waals surface area contributed by atoms with Gasteiger partial charge >= 0.3 is 0 Å². The number of rotatable bonds is 7. The Hall–Kier alpha value is -4.32. The monoisotopic (exact) mass is 404 g/mol. The summed E-state index contributed by atoms with van der Waals surface area (Å²) in [6.07, 6.45) is 1.60. The summed E-state index contributed by atoms with van der Waals surface area (Å²) in [6, 6.07) is 14.9. The molecule has 9 nitrogen and oxygen atoms in total. The lowest BCUT2D eigenvalue weighted by molar-refractivity contribution is 0.324. The zero-order valence-corrected chi connectivity index (χ0v) is 16.7. The van der Waals surface area contributed by atoms with Gasteiger partial charge in [0.15, 0.2) is 17.3 Å². The number of ether oxygens (including phenoxy) is 3. The van der Waals surface area contributed by atoms with E-state index in [0.717, 1.165) is 5.69 Å². The van der Waals surface area contributed by atoms with Crippen molar-refractivity contribution in [2.24, 2.45) is 0 Å². The molecule has 0 radical (unpaired) electrons. The third-order valence-corrected chi connectivity index (χ3v) is 4.04. The molecule has 0 spiro atoms. The molecule has 0 aliphatic rings. The summed E-state index contributed by atoms with van der Waals surface area (Å²) in [7, 11) is 4.56. The first kappa shape index (κ1) is 20.4. The van der Waals surface area contributed by atoms with E-state index >= 15 is 0 Å². The van der Waals surface area contributed by atoms with Crippen LogP contribution in [0.2, 0.25) is 0 Å². The molecule has 3 aromatic rings. The molecule has 152 valence electrons. The maximum absolute atomic E-state index is 9.70. The molecule has 0 aliphatic heterocycles. The fraction of sp³-hybridized carbons (Fsp3) is 0.143. The Balaban J connectivity index is 2.02. The quantitative estimate of drug-likeness (QED) is 0.570. The van der Waals surface area contributed by atoms with Gasteiger partial charge in [-0.15, -0.1) is 0 Å². The summed E-state index contributed by atoms with van der Waals surface area (Å²) in [5, 5.41) is 12.7. The highest BCUT2D eigenvalue weighted by molar-refractivity contribution is 5.88. The van der Waals surface area contributed by atoms with Gasteiger partial charge in [0.1, 0.15) is 6.07 Å². The average molecular weight is 404 g/mol. The van der Waals surface area contributed by atoms with E-state index in [4.69, 9.17) is 19.9 Å². The molecule has 0 saturated heterocycles. The van der Waals surface area contributed by atoms with Gasteiger partial charge in [-0.2, -0.15) is 20.2 Å². The second kappa shape index (κ2) is 9.25. The van der Waals surface area contributed by atoms with Crippen molar-refractivity contribution in [2.45, 2.75) is 0 Å². The predicted molar refractivity (Wildman–Crippen MR) is 114 cm³/mol. The zero-order chi connectivity index (χ0) is 21.5. The Morgan fingerprint density at radius 1 is 1.00 bits per heavy atom. The smallest absolute Gasteiger partial charge is 0.232 e. The van der Waals surface area contributed by atoms with Crippen molar-refractivity contribution in [2.75, 3.05) is 32.4 Å². The van der Waals surface area contributed by atoms with E-state index in [2.05, 4.69) is 26.3 Å². The molecule has 0 bridgehead atoms. The van der Waals surface area contributed by atoms with Crippen LogP contribution < -0.4 is 25.3 Å². The molecule has 3 rings (SSSR count). The van der Waals surface area contributed by atoms with Gasteiger partial charge in [-0.25, -0.2) is 0 Å². The molecule has 2 aromatic carbocycles. The van der Waals surface area contributed by atoms with Crippen LogP contribution in [0.25, 0.3) is 11.6 Å². The number of anilines is 3. The maximum Gasteiger partial charge on any atom is 0.232 e. The minimum absolute atomic E-state index is 0.00975. The largest absolute Gasteiger partial charge is 0.493 e. The molecule has 9 heteroatoms. The van der Waals surface area contributed by atoms with Gasteiger partial charge < -0.3 is 25.3 Å². The Bertz CT molecular complexity index is 1080. The summed E-state index contributed by atoms with van der Waals surface area (Å²) in [6.45, 7) is 0. The number of methoxy groups -OCH3 is 3. The number of hydrogen-bond donors (Lipinski definition) is 2. The minimum Gasteiger partial charge on any atom is -0.493 e. The first-order valence-electron chi connectivity index (χ1n) is 8.83. The Morgan fingerprint density at radius 3 is 2.23 bits per heavy atom. The number of aromatic nitrogens is 3. The summed E-state index contributed by atoms with van der Waals surface area (Å²) >= 11 is 0. The van der Waals surface area contributed by atoms with Crippen LogP contribution in [0.5, 0.6) is 17.2 Å². The second-order valence-electron chi connectivity index (χ2n) is 5.96. The SMILES string of the molecule is COc1cc(/C=C(\C#N)c2nc(N)nc(Nc3ccccc3)n2)cc(OC)c1OC. The molecular weight excluding hydrogens is 384 g/mol. The predicted octanol–water partition coefficient (Wildman–Crippen LogP) is 3.29. The van der Waals surface area contributed by atoms with Gasteiger partial charge in [-0.05, 0) is 35.9 Å². The van der Waals surface area contributed by atoms with E-state index < -0.39 is 0 Å². The van der Waals surface area contributed by atoms with E-state index in [-0.39, 0.29) is 23.3 Å². The van der Waals surface area contributed by atoms with Crippen LogP contribution in [0.1, 0.15) is 11.4 Å². The first-order chi connectivity index (χ1) is 14.6. The Labute approximate surface area is 173 Å². The van der Waals surface area contributed by atoms with Gasteiger partial charge in [0.2, 0.25) is 17.6 Å². The lowest BCUT2D eigenvalue weighted by atomic mass is 10.1. The Morgan fingerprint density at radius 2 is 1.67 bits per heavy atom. The number of benzene rings is 2. The second-order valence-corrected chi connectivity index (χ2v) is 5.96. The van der Waals surface area contributed by atoms with Crippen LogP contribution in [0.15, 0.2) is 42.5 Å². The first-order valence-corrected chi connectivity index (χ1v) is 8.83. The van der Waals surface area contributed by atoms with E-state index in [1.54, 1.807) is 18.2 Å². The number of nitrogens with zero attached hydrogens (tertiary/aromatic N) is 4. The van der Waals surface area contributed by atoms with Gasteiger partial charge in [-0.3, -0.25) is 0 Å². The molecule has 0 unspecified atom stereocenters. The summed E-state index contributed by atoms with van der Waals surface area (Å²) < 4.78 is 16.0. The van der Waals surface area contributed by atoms with Gasteiger partial charge in [0.05, 0.1) is 26.9 Å². The molecular formula is C21H20N6O3. The number of nitrogens with one attached hydrogen (secondary N) is 1. The lowest BCUT2D eigenvalue weighted by Crippen LogP contribution is -2.06. The summed E-state index contributed by atoms with van der Waals surface area (Å²) in [4.78, 5) is 12.5. The lowest BCUT2D eigenvalue weighted by Gasteiger charge is -2.13. The molecule has 0 saturated carbocycles. The topological polar surface area (TPSA) is 128 Å². The van der Waals surface area contributed by atoms with Crippen LogP contribution in [-0.2, 0) is 0 Å². The molecule has 0 fully saturated rings. The molecule has 1 aromatic heterocycles. The number of allylic oxidation sites excluding steroid dienone is 1. The highest BCUT2D eigenvalue weighted by Crippen LogP contribution is 2.39. The van der Waals surface area contributed by atoms with Crippen molar-refractivity contribution >= 4 is 29.2 Å². The van der Waals surface area contributed by atoms with Gasteiger partial charge in [-0.1, -0.05) is 18.2 Å². The maximum atomic E-state index is 9.70. The van der Waals surface area contributed by atoms with E-state index in [0.29, 0.717) is 22.8 Å². The number of nitrogens with two attached hydrogens (primary N) is 1. The molecule has 0 aliphatic carbocycles. The number of para-hydroxylation sites is 1. The third-order valence-electron chi connectivity index (χ3n) is 4.04. The van der Waals surface area contributed by atoms with Crippen LogP contribution in [0.4, 0.5) is 17.6 Å². The third kappa shape index (κ3) is 4.56. The van der Waals surface area contributed by atoms with Crippen LogP contribution >= 0.6 is 0 Å². The standard InChI is InChI=1S/C21H20N6O3/c1-28-16-10-13(11-17(29-2)18(16)30-3)9-14(12-22)19-25-20(23)27-21(26-19)24-15-7-5-4-6-8-15/h4-11H,1-3H3,(H3,23,24,25,26,27)/b14-9+. The molecule has 3 N–H and O–H groups in total. The highest BCUT2D eigenvalue weighted by Gasteiger charge is 2.15. The number of hydrogen-bond acceptors (Lipinski definition) is 9. The summed E-state index contributed by atoms with van der Waals surface area (Å²) in [5.74, 6) is 1.73. The van der Waals surface area contributed by atoms with Crippen molar-refractivity contribution in [1.29, 1.82) is 5.26 Å². The van der Waals surface area contributed by atoms with Gasteiger partial charge in [0, 0.05) is 5.69 Å². The Kier molecular flexibility index (Phi) is 6.29. The van der Waals surface area contributed by atoms with Gasteiger partial charge in [0.25, 0.3) is 0 Å². The fourth-order valence-electron chi connectivity index (χ4n) is 2.72. The van der Waals surface area contributed by atoms with Crippen molar-refractivity contribution in [1.82, 2.24) is 15.0 Å². The highest BCUT2D eigenvalue weighted by atomic mass is 16.5.